The van der Waals surface area contributed by atoms with Crippen molar-refractivity contribution < 1.29 is 0 Å². The van der Waals surface area contributed by atoms with Crippen LogP contribution in [0.2, 0.25) is 5.15 Å². The number of rotatable bonds is 5. The van der Waals surface area contributed by atoms with Gasteiger partial charge in [0.1, 0.15) is 16.8 Å². The van der Waals surface area contributed by atoms with Crippen LogP contribution in [0.15, 0.2) is 0 Å². The van der Waals surface area contributed by atoms with Crippen molar-refractivity contribution >= 4 is 17.4 Å². The van der Waals surface area contributed by atoms with Gasteiger partial charge in [-0.15, -0.1) is 0 Å². The van der Waals surface area contributed by atoms with Crippen LogP contribution in [0.3, 0.4) is 0 Å². The summed E-state index contributed by atoms with van der Waals surface area (Å²) in [6, 6.07) is 0.397. The van der Waals surface area contributed by atoms with E-state index in [1.54, 1.807) is 0 Å². The minimum atomic E-state index is 0.397. The molecular weight excluding hydrogens is 234 g/mol. The van der Waals surface area contributed by atoms with Crippen molar-refractivity contribution in [3.63, 3.8) is 0 Å². The number of aromatic nitrogens is 2. The molecule has 1 rings (SSSR count). The van der Waals surface area contributed by atoms with Gasteiger partial charge in [-0.3, -0.25) is 0 Å². The summed E-state index contributed by atoms with van der Waals surface area (Å²) in [5.74, 6) is 2.29. The molecule has 96 valence electrons. The maximum Gasteiger partial charge on any atom is 0.137 e. The molecule has 3 nitrogen and oxygen atoms in total. The van der Waals surface area contributed by atoms with Gasteiger partial charge in [0.25, 0.3) is 0 Å². The summed E-state index contributed by atoms with van der Waals surface area (Å²) < 4.78 is 0. The number of hydrogen-bond acceptors (Lipinski definition) is 3. The lowest BCUT2D eigenvalue weighted by Crippen LogP contribution is -2.20. The first-order valence-electron chi connectivity index (χ1n) is 6.21. The fraction of sp³-hybridized carbons (Fsp3) is 0.692. The van der Waals surface area contributed by atoms with E-state index in [1.807, 2.05) is 13.8 Å². The van der Waals surface area contributed by atoms with E-state index in [4.69, 9.17) is 11.6 Å². The first-order chi connectivity index (χ1) is 7.93. The molecule has 4 heteroatoms. The molecule has 2 atom stereocenters. The molecule has 0 saturated carbocycles. The number of aryl methyl sites for hydroxylation is 1. The number of halogens is 1. The predicted molar refractivity (Wildman–Crippen MR) is 73.7 cm³/mol. The summed E-state index contributed by atoms with van der Waals surface area (Å²) in [6.45, 7) is 10.5. The molecule has 1 heterocycles. The topological polar surface area (TPSA) is 37.8 Å². The Kier molecular flexibility index (Phi) is 5.19. The molecule has 1 aromatic rings. The molecule has 0 aliphatic heterocycles. The van der Waals surface area contributed by atoms with E-state index in [9.17, 15) is 0 Å². The Balaban J connectivity index is 2.74. The Labute approximate surface area is 109 Å². The standard InChI is InChI=1S/C13H22ClN3/c1-6-8(2)7-9(3)15-13-10(4)12(14)16-11(5)17-13/h8-9H,6-7H2,1-5H3,(H,15,16,17). The third kappa shape index (κ3) is 4.15. The smallest absolute Gasteiger partial charge is 0.137 e. The van der Waals surface area contributed by atoms with E-state index in [-0.39, 0.29) is 0 Å². The number of anilines is 1. The zero-order valence-electron chi connectivity index (χ0n) is 11.3. The monoisotopic (exact) mass is 255 g/mol. The molecule has 0 radical (unpaired) electrons. The molecule has 0 spiro atoms. The van der Waals surface area contributed by atoms with E-state index in [2.05, 4.69) is 36.1 Å². The van der Waals surface area contributed by atoms with Crippen LogP contribution in [0.5, 0.6) is 0 Å². The van der Waals surface area contributed by atoms with Crippen molar-refractivity contribution in [2.75, 3.05) is 5.32 Å². The van der Waals surface area contributed by atoms with Crippen LogP contribution in [0, 0.1) is 19.8 Å². The summed E-state index contributed by atoms with van der Waals surface area (Å²) in [5, 5.41) is 3.96. The van der Waals surface area contributed by atoms with Gasteiger partial charge in [0.15, 0.2) is 0 Å². The summed E-state index contributed by atoms with van der Waals surface area (Å²) >= 11 is 6.04. The van der Waals surface area contributed by atoms with Crippen LogP contribution in [-0.2, 0) is 0 Å². The van der Waals surface area contributed by atoms with Crippen molar-refractivity contribution in [3.8, 4) is 0 Å². The molecule has 0 aliphatic carbocycles. The molecule has 1 N–H and O–H groups in total. The van der Waals surface area contributed by atoms with Crippen molar-refractivity contribution in [2.45, 2.75) is 53.5 Å². The lowest BCUT2D eigenvalue weighted by Gasteiger charge is -2.19. The van der Waals surface area contributed by atoms with Crippen LogP contribution in [0.1, 0.15) is 45.0 Å². The Morgan fingerprint density at radius 1 is 1.24 bits per heavy atom. The zero-order chi connectivity index (χ0) is 13.0. The SMILES string of the molecule is CCC(C)CC(C)Nc1nc(C)nc(Cl)c1C. The highest BCUT2D eigenvalue weighted by Gasteiger charge is 2.12. The van der Waals surface area contributed by atoms with Crippen molar-refractivity contribution in [1.82, 2.24) is 9.97 Å². The maximum absolute atomic E-state index is 6.04. The van der Waals surface area contributed by atoms with Crippen LogP contribution >= 0.6 is 11.6 Å². The average Bonchev–Trinajstić information content (AvgIpc) is 2.24. The molecular formula is C13H22ClN3. The van der Waals surface area contributed by atoms with Gasteiger partial charge < -0.3 is 5.32 Å². The van der Waals surface area contributed by atoms with Gasteiger partial charge in [-0.25, -0.2) is 9.97 Å². The number of nitrogens with one attached hydrogen (secondary N) is 1. The second-order valence-corrected chi connectivity index (χ2v) is 5.19. The van der Waals surface area contributed by atoms with Gasteiger partial charge in [0, 0.05) is 11.6 Å². The molecule has 0 fully saturated rings. The molecule has 0 saturated heterocycles. The Morgan fingerprint density at radius 3 is 2.47 bits per heavy atom. The van der Waals surface area contributed by atoms with E-state index in [0.717, 1.165) is 23.7 Å². The average molecular weight is 256 g/mol. The van der Waals surface area contributed by atoms with Crippen LogP contribution in [-0.4, -0.2) is 16.0 Å². The molecule has 0 amide bonds. The largest absolute Gasteiger partial charge is 0.367 e. The first kappa shape index (κ1) is 14.2. The third-order valence-corrected chi connectivity index (χ3v) is 3.40. The van der Waals surface area contributed by atoms with E-state index < -0.39 is 0 Å². The van der Waals surface area contributed by atoms with Crippen molar-refractivity contribution in [1.29, 1.82) is 0 Å². The summed E-state index contributed by atoms with van der Waals surface area (Å²) in [5.41, 5.74) is 0.924. The third-order valence-electron chi connectivity index (χ3n) is 3.03. The number of nitrogens with zero attached hydrogens (tertiary/aromatic N) is 2. The normalized spacial score (nSPS) is 14.5. The zero-order valence-corrected chi connectivity index (χ0v) is 12.1. The van der Waals surface area contributed by atoms with Crippen molar-refractivity contribution in [2.24, 2.45) is 5.92 Å². The maximum atomic E-state index is 6.04. The number of hydrogen-bond donors (Lipinski definition) is 1. The minimum absolute atomic E-state index is 0.397. The van der Waals surface area contributed by atoms with E-state index in [0.29, 0.717) is 17.0 Å². The summed E-state index contributed by atoms with van der Waals surface area (Å²) in [6.07, 6.45) is 2.34. The van der Waals surface area contributed by atoms with Crippen molar-refractivity contribution in [3.05, 3.63) is 16.5 Å². The summed E-state index contributed by atoms with van der Waals surface area (Å²) in [4.78, 5) is 8.53. The molecule has 2 unspecified atom stereocenters. The highest BCUT2D eigenvalue weighted by Crippen LogP contribution is 2.21. The van der Waals surface area contributed by atoms with Gasteiger partial charge in [-0.1, -0.05) is 31.9 Å². The fourth-order valence-electron chi connectivity index (χ4n) is 1.80. The highest BCUT2D eigenvalue weighted by molar-refractivity contribution is 6.30. The fourth-order valence-corrected chi connectivity index (χ4v) is 2.01. The lowest BCUT2D eigenvalue weighted by atomic mass is 10.0. The Hall–Kier alpha value is -0.830. The predicted octanol–water partition coefficient (Wildman–Crippen LogP) is 3.98. The second-order valence-electron chi connectivity index (χ2n) is 4.83. The highest BCUT2D eigenvalue weighted by atomic mass is 35.5. The first-order valence-corrected chi connectivity index (χ1v) is 6.59. The van der Waals surface area contributed by atoms with Crippen LogP contribution in [0.25, 0.3) is 0 Å². The van der Waals surface area contributed by atoms with E-state index in [1.165, 1.54) is 6.42 Å². The van der Waals surface area contributed by atoms with Gasteiger partial charge in [-0.05, 0) is 33.1 Å². The van der Waals surface area contributed by atoms with Crippen LogP contribution in [0.4, 0.5) is 5.82 Å². The Bertz CT molecular complexity index is 379. The molecule has 0 bridgehead atoms. The van der Waals surface area contributed by atoms with Gasteiger partial charge >= 0.3 is 0 Å². The molecule has 0 aromatic carbocycles. The molecule has 1 aromatic heterocycles. The second kappa shape index (κ2) is 6.20. The minimum Gasteiger partial charge on any atom is -0.367 e. The molecule has 17 heavy (non-hydrogen) atoms. The lowest BCUT2D eigenvalue weighted by molar-refractivity contribution is 0.483. The quantitative estimate of drug-likeness (QED) is 0.809. The Morgan fingerprint density at radius 2 is 1.88 bits per heavy atom. The van der Waals surface area contributed by atoms with Gasteiger partial charge in [0.05, 0.1) is 0 Å². The summed E-state index contributed by atoms with van der Waals surface area (Å²) in [7, 11) is 0. The van der Waals surface area contributed by atoms with Gasteiger partial charge in [-0.2, -0.15) is 0 Å². The van der Waals surface area contributed by atoms with E-state index >= 15 is 0 Å². The van der Waals surface area contributed by atoms with Gasteiger partial charge in [0.2, 0.25) is 0 Å². The van der Waals surface area contributed by atoms with Crippen LogP contribution < -0.4 is 5.32 Å². The molecule has 0 aliphatic rings.